The topological polar surface area (TPSA) is 38.1 Å². The van der Waals surface area contributed by atoms with E-state index in [-0.39, 0.29) is 12.3 Å². The summed E-state index contributed by atoms with van der Waals surface area (Å²) in [6.45, 7) is 7.34. The highest BCUT2D eigenvalue weighted by molar-refractivity contribution is 5.79. The zero-order chi connectivity index (χ0) is 20.5. The number of likely N-dealkylation sites (tertiary alicyclic amines) is 1. The second-order valence-corrected chi connectivity index (χ2v) is 7.70. The first-order valence-electron chi connectivity index (χ1n) is 9.67. The molecular formula is C21H26F3N3O. The Morgan fingerprint density at radius 1 is 1.21 bits per heavy atom. The third kappa shape index (κ3) is 4.39. The van der Waals surface area contributed by atoms with Crippen LogP contribution in [-0.4, -0.2) is 33.7 Å². The lowest BCUT2D eigenvalue weighted by molar-refractivity contribution is -0.137. The summed E-state index contributed by atoms with van der Waals surface area (Å²) in [6.07, 6.45) is -1.03. The van der Waals surface area contributed by atoms with Crippen molar-refractivity contribution in [3.05, 3.63) is 46.8 Å². The first-order chi connectivity index (χ1) is 13.2. The number of rotatable bonds is 3. The molecule has 1 aromatic carbocycles. The Hall–Kier alpha value is -2.31. The van der Waals surface area contributed by atoms with Crippen LogP contribution in [0.25, 0.3) is 5.69 Å². The summed E-state index contributed by atoms with van der Waals surface area (Å²) in [5, 5.41) is 4.41. The highest BCUT2D eigenvalue weighted by atomic mass is 19.4. The van der Waals surface area contributed by atoms with Crippen LogP contribution in [0.4, 0.5) is 13.2 Å². The molecule has 152 valence electrons. The molecule has 0 saturated carbocycles. The van der Waals surface area contributed by atoms with Crippen molar-refractivity contribution in [3.8, 4) is 5.69 Å². The van der Waals surface area contributed by atoms with Crippen molar-refractivity contribution in [2.45, 2.75) is 52.6 Å². The Kier molecular flexibility index (Phi) is 5.82. The molecule has 2 heterocycles. The van der Waals surface area contributed by atoms with E-state index in [0.717, 1.165) is 50.0 Å². The van der Waals surface area contributed by atoms with Crippen molar-refractivity contribution in [2.75, 3.05) is 13.1 Å². The third-order valence-electron chi connectivity index (χ3n) is 5.56. The molecule has 2 aromatic rings. The fourth-order valence-corrected chi connectivity index (χ4v) is 3.77. The van der Waals surface area contributed by atoms with Gasteiger partial charge in [0.25, 0.3) is 0 Å². The van der Waals surface area contributed by atoms with E-state index in [0.29, 0.717) is 23.0 Å². The van der Waals surface area contributed by atoms with E-state index in [1.54, 1.807) is 19.9 Å². The molecule has 28 heavy (non-hydrogen) atoms. The minimum atomic E-state index is -4.41. The van der Waals surface area contributed by atoms with E-state index in [1.165, 1.54) is 10.7 Å². The quantitative estimate of drug-likeness (QED) is 0.758. The number of hydrogen-bond donors (Lipinski definition) is 0. The summed E-state index contributed by atoms with van der Waals surface area (Å²) in [5.41, 5.74) is 1.80. The molecule has 0 radical (unpaired) electrons. The maximum absolute atomic E-state index is 13.0. The maximum atomic E-state index is 13.0. The van der Waals surface area contributed by atoms with E-state index in [1.807, 2.05) is 4.90 Å². The van der Waals surface area contributed by atoms with Gasteiger partial charge in [0.05, 0.1) is 23.4 Å². The van der Waals surface area contributed by atoms with Gasteiger partial charge in [-0.05, 0) is 57.2 Å². The number of benzene rings is 1. The summed E-state index contributed by atoms with van der Waals surface area (Å²) < 4.78 is 40.6. The zero-order valence-electron chi connectivity index (χ0n) is 16.5. The molecule has 1 saturated heterocycles. The highest BCUT2D eigenvalue weighted by Gasteiger charge is 2.31. The number of carbonyl (C=O) groups excluding carboxylic acids is 1. The standard InChI is InChI=1S/C21H26F3N3O/c1-14-6-5-10-26(11-9-14)20(28)13-19-15(2)25-27(16(19)3)18-8-4-7-17(12-18)21(22,23)24/h4,7-8,12,14H,5-6,9-11,13H2,1-3H3/t14-/m1/s1. The maximum Gasteiger partial charge on any atom is 0.416 e. The van der Waals surface area contributed by atoms with Crippen LogP contribution in [0.1, 0.15) is 48.7 Å². The van der Waals surface area contributed by atoms with Crippen LogP contribution in [0.2, 0.25) is 0 Å². The number of halogens is 3. The van der Waals surface area contributed by atoms with E-state index in [9.17, 15) is 18.0 Å². The van der Waals surface area contributed by atoms with E-state index in [2.05, 4.69) is 12.0 Å². The normalized spacial score (nSPS) is 18.2. The van der Waals surface area contributed by atoms with Crippen molar-refractivity contribution < 1.29 is 18.0 Å². The lowest BCUT2D eigenvalue weighted by Crippen LogP contribution is -2.33. The highest BCUT2D eigenvalue weighted by Crippen LogP contribution is 2.31. The van der Waals surface area contributed by atoms with Crippen LogP contribution >= 0.6 is 0 Å². The van der Waals surface area contributed by atoms with Gasteiger partial charge in [-0.25, -0.2) is 4.68 Å². The molecular weight excluding hydrogens is 367 g/mol. The Morgan fingerprint density at radius 2 is 1.96 bits per heavy atom. The molecule has 0 unspecified atom stereocenters. The van der Waals surface area contributed by atoms with Gasteiger partial charge in [0.1, 0.15) is 0 Å². The van der Waals surface area contributed by atoms with Gasteiger partial charge in [-0.2, -0.15) is 18.3 Å². The van der Waals surface area contributed by atoms with Gasteiger partial charge in [-0.15, -0.1) is 0 Å². The first kappa shape index (κ1) is 20.4. The Labute approximate surface area is 163 Å². The van der Waals surface area contributed by atoms with Crippen LogP contribution in [0.15, 0.2) is 24.3 Å². The molecule has 1 aliphatic heterocycles. The summed E-state index contributed by atoms with van der Waals surface area (Å²) in [6, 6.07) is 5.09. The van der Waals surface area contributed by atoms with Crippen molar-refractivity contribution in [2.24, 2.45) is 5.92 Å². The molecule has 1 aromatic heterocycles. The largest absolute Gasteiger partial charge is 0.416 e. The van der Waals surface area contributed by atoms with Gasteiger partial charge in [0, 0.05) is 24.3 Å². The van der Waals surface area contributed by atoms with Crippen molar-refractivity contribution in [3.63, 3.8) is 0 Å². The van der Waals surface area contributed by atoms with Crippen molar-refractivity contribution in [1.29, 1.82) is 0 Å². The Bertz CT molecular complexity index is 857. The van der Waals surface area contributed by atoms with Gasteiger partial charge in [-0.3, -0.25) is 4.79 Å². The van der Waals surface area contributed by atoms with E-state index < -0.39 is 11.7 Å². The Morgan fingerprint density at radius 3 is 2.68 bits per heavy atom. The van der Waals surface area contributed by atoms with Crippen LogP contribution in [0.5, 0.6) is 0 Å². The molecule has 1 atom stereocenters. The third-order valence-corrected chi connectivity index (χ3v) is 5.56. The molecule has 7 heteroatoms. The average molecular weight is 393 g/mol. The number of aromatic nitrogens is 2. The molecule has 0 N–H and O–H groups in total. The molecule has 1 aliphatic rings. The van der Waals surface area contributed by atoms with Gasteiger partial charge >= 0.3 is 6.18 Å². The van der Waals surface area contributed by atoms with Gasteiger partial charge in [-0.1, -0.05) is 13.0 Å². The summed E-state index contributed by atoms with van der Waals surface area (Å²) in [5.74, 6) is 0.689. The lowest BCUT2D eigenvalue weighted by Gasteiger charge is -2.20. The molecule has 4 nitrogen and oxygen atoms in total. The van der Waals surface area contributed by atoms with Crippen LogP contribution in [0.3, 0.4) is 0 Å². The van der Waals surface area contributed by atoms with Crippen LogP contribution in [-0.2, 0) is 17.4 Å². The van der Waals surface area contributed by atoms with Crippen LogP contribution in [0, 0.1) is 19.8 Å². The monoisotopic (exact) mass is 393 g/mol. The minimum Gasteiger partial charge on any atom is -0.342 e. The predicted octanol–water partition coefficient (Wildman–Crippen LogP) is 4.70. The Balaban J connectivity index is 1.83. The van der Waals surface area contributed by atoms with Gasteiger partial charge < -0.3 is 4.90 Å². The molecule has 3 rings (SSSR count). The lowest BCUT2D eigenvalue weighted by atomic mass is 10.0. The number of aryl methyl sites for hydroxylation is 1. The molecule has 1 fully saturated rings. The number of hydrogen-bond acceptors (Lipinski definition) is 2. The number of amides is 1. The SMILES string of the molecule is Cc1nn(-c2cccc(C(F)(F)F)c2)c(C)c1CC(=O)N1CCC[C@@H](C)CC1. The molecule has 0 spiro atoms. The van der Waals surface area contributed by atoms with Gasteiger partial charge in [0.2, 0.25) is 5.91 Å². The summed E-state index contributed by atoms with van der Waals surface area (Å²) >= 11 is 0. The van der Waals surface area contributed by atoms with Crippen molar-refractivity contribution in [1.82, 2.24) is 14.7 Å². The number of carbonyl (C=O) groups is 1. The summed E-state index contributed by atoms with van der Waals surface area (Å²) in [7, 11) is 0. The smallest absolute Gasteiger partial charge is 0.342 e. The fraction of sp³-hybridized carbons (Fsp3) is 0.524. The number of alkyl halides is 3. The van der Waals surface area contributed by atoms with Crippen molar-refractivity contribution >= 4 is 5.91 Å². The second kappa shape index (κ2) is 7.97. The molecule has 0 aliphatic carbocycles. The first-order valence-corrected chi connectivity index (χ1v) is 9.67. The van der Waals surface area contributed by atoms with E-state index >= 15 is 0 Å². The zero-order valence-corrected chi connectivity index (χ0v) is 16.5. The minimum absolute atomic E-state index is 0.0592. The number of nitrogens with zero attached hydrogens (tertiary/aromatic N) is 3. The molecule has 0 bridgehead atoms. The predicted molar refractivity (Wildman–Crippen MR) is 101 cm³/mol. The van der Waals surface area contributed by atoms with E-state index in [4.69, 9.17) is 0 Å². The van der Waals surface area contributed by atoms with Crippen LogP contribution < -0.4 is 0 Å². The molecule has 1 amide bonds. The second-order valence-electron chi connectivity index (χ2n) is 7.70. The summed E-state index contributed by atoms with van der Waals surface area (Å²) in [4.78, 5) is 14.7. The fourth-order valence-electron chi connectivity index (χ4n) is 3.77. The average Bonchev–Trinajstić information content (AvgIpc) is 2.80. The van der Waals surface area contributed by atoms with Gasteiger partial charge in [0.15, 0.2) is 0 Å².